The molecule has 4 nitrogen and oxygen atoms in total. The molecule has 1 unspecified atom stereocenters. The number of aliphatic carboxylic acids is 1. The van der Waals surface area contributed by atoms with Crippen molar-refractivity contribution in [1.82, 2.24) is 0 Å². The van der Waals surface area contributed by atoms with Gasteiger partial charge < -0.3 is 10.0 Å². The monoisotopic (exact) mass is 286 g/mol. The SMILES string of the molecule is CCCC1(C(=O)O)CCCN(c2ccc(C#N)c(C)c2)C1. The van der Waals surface area contributed by atoms with Crippen LogP contribution in [0.4, 0.5) is 5.69 Å². The Hall–Kier alpha value is -2.02. The Bertz CT molecular complexity index is 573. The van der Waals surface area contributed by atoms with Crippen molar-refractivity contribution < 1.29 is 9.90 Å². The van der Waals surface area contributed by atoms with Crippen LogP contribution in [0.1, 0.15) is 43.7 Å². The molecule has 1 aliphatic heterocycles. The quantitative estimate of drug-likeness (QED) is 0.922. The molecule has 1 heterocycles. The second-order valence-electron chi connectivity index (χ2n) is 5.97. The number of carboxylic acids is 1. The summed E-state index contributed by atoms with van der Waals surface area (Å²) in [5, 5.41) is 18.7. The van der Waals surface area contributed by atoms with Crippen LogP contribution < -0.4 is 4.90 Å². The molecule has 0 bridgehead atoms. The number of carbonyl (C=O) groups is 1. The highest BCUT2D eigenvalue weighted by Crippen LogP contribution is 2.37. The van der Waals surface area contributed by atoms with E-state index in [1.54, 1.807) is 0 Å². The van der Waals surface area contributed by atoms with Gasteiger partial charge in [-0.15, -0.1) is 0 Å². The first kappa shape index (κ1) is 15.4. The molecule has 1 atom stereocenters. The van der Waals surface area contributed by atoms with Crippen molar-refractivity contribution >= 4 is 11.7 Å². The van der Waals surface area contributed by atoms with E-state index in [0.717, 1.165) is 37.1 Å². The van der Waals surface area contributed by atoms with Crippen LogP contribution in [-0.2, 0) is 4.79 Å². The largest absolute Gasteiger partial charge is 0.481 e. The van der Waals surface area contributed by atoms with E-state index < -0.39 is 11.4 Å². The second kappa shape index (κ2) is 6.17. The number of nitriles is 1. The molecule has 4 heteroatoms. The van der Waals surface area contributed by atoms with Crippen molar-refractivity contribution in [3.8, 4) is 6.07 Å². The zero-order valence-corrected chi connectivity index (χ0v) is 12.7. The average molecular weight is 286 g/mol. The number of benzene rings is 1. The van der Waals surface area contributed by atoms with Gasteiger partial charge in [0.05, 0.1) is 17.0 Å². The lowest BCUT2D eigenvalue weighted by atomic mass is 9.76. The Labute approximate surface area is 126 Å². The van der Waals surface area contributed by atoms with E-state index in [9.17, 15) is 9.90 Å². The molecule has 21 heavy (non-hydrogen) atoms. The summed E-state index contributed by atoms with van der Waals surface area (Å²) in [4.78, 5) is 13.9. The maximum Gasteiger partial charge on any atom is 0.311 e. The summed E-state index contributed by atoms with van der Waals surface area (Å²) in [7, 11) is 0. The number of anilines is 1. The maximum absolute atomic E-state index is 11.7. The number of piperidine rings is 1. The van der Waals surface area contributed by atoms with Crippen LogP contribution in [-0.4, -0.2) is 24.2 Å². The maximum atomic E-state index is 11.7. The molecule has 1 saturated heterocycles. The average Bonchev–Trinajstić information content (AvgIpc) is 2.47. The van der Waals surface area contributed by atoms with Crippen molar-refractivity contribution in [2.75, 3.05) is 18.0 Å². The van der Waals surface area contributed by atoms with Gasteiger partial charge in [-0.1, -0.05) is 13.3 Å². The molecule has 0 radical (unpaired) electrons. The van der Waals surface area contributed by atoms with E-state index in [-0.39, 0.29) is 0 Å². The van der Waals surface area contributed by atoms with E-state index in [2.05, 4.69) is 11.0 Å². The molecule has 1 N–H and O–H groups in total. The molecular weight excluding hydrogens is 264 g/mol. The molecule has 112 valence electrons. The Kier molecular flexibility index (Phi) is 4.52. The van der Waals surface area contributed by atoms with Crippen molar-refractivity contribution in [3.05, 3.63) is 29.3 Å². The molecule has 0 amide bonds. The van der Waals surface area contributed by atoms with Gasteiger partial charge in [0, 0.05) is 18.8 Å². The molecular formula is C17H22N2O2. The lowest BCUT2D eigenvalue weighted by Crippen LogP contribution is -2.48. The van der Waals surface area contributed by atoms with E-state index >= 15 is 0 Å². The summed E-state index contributed by atoms with van der Waals surface area (Å²) in [6, 6.07) is 7.90. The Morgan fingerprint density at radius 3 is 2.86 bits per heavy atom. The summed E-state index contributed by atoms with van der Waals surface area (Å²) >= 11 is 0. The molecule has 1 aromatic carbocycles. The number of aryl methyl sites for hydroxylation is 1. The molecule has 0 aromatic heterocycles. The van der Waals surface area contributed by atoms with Crippen LogP contribution in [0.15, 0.2) is 18.2 Å². The predicted octanol–water partition coefficient (Wildman–Crippen LogP) is 3.34. The van der Waals surface area contributed by atoms with Gasteiger partial charge in [0.15, 0.2) is 0 Å². The number of carboxylic acid groups (broad SMARTS) is 1. The lowest BCUT2D eigenvalue weighted by molar-refractivity contribution is -0.150. The third-order valence-corrected chi connectivity index (χ3v) is 4.45. The van der Waals surface area contributed by atoms with Crippen LogP contribution in [0.25, 0.3) is 0 Å². The topological polar surface area (TPSA) is 64.3 Å². The summed E-state index contributed by atoms with van der Waals surface area (Å²) < 4.78 is 0. The van der Waals surface area contributed by atoms with Crippen molar-refractivity contribution in [1.29, 1.82) is 5.26 Å². The number of hydrogen-bond donors (Lipinski definition) is 1. The van der Waals surface area contributed by atoms with Crippen LogP contribution in [0.5, 0.6) is 0 Å². The van der Waals surface area contributed by atoms with E-state index in [0.29, 0.717) is 18.5 Å². The molecule has 0 spiro atoms. The first-order valence-corrected chi connectivity index (χ1v) is 7.51. The highest BCUT2D eigenvalue weighted by Gasteiger charge is 2.41. The molecule has 2 rings (SSSR count). The number of hydrogen-bond acceptors (Lipinski definition) is 3. The first-order chi connectivity index (χ1) is 10.0. The minimum absolute atomic E-state index is 0.557. The van der Waals surface area contributed by atoms with Crippen molar-refractivity contribution in [3.63, 3.8) is 0 Å². The van der Waals surface area contributed by atoms with Crippen LogP contribution in [0.2, 0.25) is 0 Å². The minimum atomic E-state index is -0.681. The van der Waals surface area contributed by atoms with Crippen molar-refractivity contribution in [2.24, 2.45) is 5.41 Å². The van der Waals surface area contributed by atoms with E-state index in [1.807, 2.05) is 32.0 Å². The summed E-state index contributed by atoms with van der Waals surface area (Å²) in [5.41, 5.74) is 2.01. The van der Waals surface area contributed by atoms with Gasteiger partial charge in [-0.05, 0) is 49.9 Å². The minimum Gasteiger partial charge on any atom is -0.481 e. The second-order valence-corrected chi connectivity index (χ2v) is 5.97. The third kappa shape index (κ3) is 3.02. The Balaban J connectivity index is 2.27. The molecule has 1 aliphatic rings. The molecule has 1 aromatic rings. The smallest absolute Gasteiger partial charge is 0.311 e. The van der Waals surface area contributed by atoms with E-state index in [1.165, 1.54) is 0 Å². The highest BCUT2D eigenvalue weighted by molar-refractivity contribution is 5.76. The molecule has 0 saturated carbocycles. The zero-order chi connectivity index (χ0) is 15.5. The summed E-state index contributed by atoms with van der Waals surface area (Å²) in [5.74, 6) is -0.681. The standard InChI is InChI=1S/C17H22N2O2/c1-3-7-17(16(20)21)8-4-9-19(12-17)15-6-5-14(11-18)13(2)10-15/h5-6,10H,3-4,7-9,12H2,1-2H3,(H,20,21). The van der Waals surface area contributed by atoms with Crippen LogP contribution >= 0.6 is 0 Å². The number of rotatable bonds is 4. The third-order valence-electron chi connectivity index (χ3n) is 4.45. The molecule has 1 fully saturated rings. The van der Waals surface area contributed by atoms with E-state index in [4.69, 9.17) is 5.26 Å². The van der Waals surface area contributed by atoms with Gasteiger partial charge in [-0.3, -0.25) is 4.79 Å². The summed E-state index contributed by atoms with van der Waals surface area (Å²) in [6.45, 7) is 5.39. The van der Waals surface area contributed by atoms with Gasteiger partial charge in [-0.25, -0.2) is 0 Å². The summed E-state index contributed by atoms with van der Waals surface area (Å²) in [6.07, 6.45) is 3.24. The van der Waals surface area contributed by atoms with Gasteiger partial charge in [0.25, 0.3) is 0 Å². The van der Waals surface area contributed by atoms with Crippen LogP contribution in [0, 0.1) is 23.7 Å². The van der Waals surface area contributed by atoms with Gasteiger partial charge in [0.2, 0.25) is 0 Å². The lowest BCUT2D eigenvalue weighted by Gasteiger charge is -2.41. The Morgan fingerprint density at radius 2 is 2.29 bits per heavy atom. The van der Waals surface area contributed by atoms with Crippen LogP contribution in [0.3, 0.4) is 0 Å². The number of nitrogens with zero attached hydrogens (tertiary/aromatic N) is 2. The Morgan fingerprint density at radius 1 is 1.52 bits per heavy atom. The van der Waals surface area contributed by atoms with Gasteiger partial charge >= 0.3 is 5.97 Å². The highest BCUT2D eigenvalue weighted by atomic mass is 16.4. The predicted molar refractivity (Wildman–Crippen MR) is 82.3 cm³/mol. The normalized spacial score (nSPS) is 21.9. The van der Waals surface area contributed by atoms with Gasteiger partial charge in [0.1, 0.15) is 0 Å². The molecule has 0 aliphatic carbocycles. The van der Waals surface area contributed by atoms with Crippen molar-refractivity contribution in [2.45, 2.75) is 39.5 Å². The first-order valence-electron chi connectivity index (χ1n) is 7.51. The van der Waals surface area contributed by atoms with Gasteiger partial charge in [-0.2, -0.15) is 5.26 Å². The fourth-order valence-electron chi connectivity index (χ4n) is 3.29. The zero-order valence-electron chi connectivity index (χ0n) is 12.7. The fourth-order valence-corrected chi connectivity index (χ4v) is 3.29. The fraction of sp³-hybridized carbons (Fsp3) is 0.529.